The molecule has 2 heterocycles. The van der Waals surface area contributed by atoms with Gasteiger partial charge in [0.1, 0.15) is 5.69 Å². The summed E-state index contributed by atoms with van der Waals surface area (Å²) >= 11 is 0. The number of hydrazone groups is 1. The molecule has 0 atom stereocenters. The molecule has 0 aliphatic carbocycles. The van der Waals surface area contributed by atoms with Gasteiger partial charge in [0, 0.05) is 30.3 Å². The van der Waals surface area contributed by atoms with Gasteiger partial charge in [-0.15, -0.1) is 0 Å². The van der Waals surface area contributed by atoms with Crippen LogP contribution in [0.1, 0.15) is 35.8 Å². The molecule has 0 spiro atoms. The summed E-state index contributed by atoms with van der Waals surface area (Å²) in [5, 5.41) is 14.2. The second kappa shape index (κ2) is 5.05. The van der Waals surface area contributed by atoms with Crippen molar-refractivity contribution in [1.82, 2.24) is 9.99 Å². The third-order valence-corrected chi connectivity index (χ3v) is 3.67. The van der Waals surface area contributed by atoms with Gasteiger partial charge < -0.3 is 9.67 Å². The Morgan fingerprint density at radius 3 is 2.81 bits per heavy atom. The van der Waals surface area contributed by atoms with Crippen LogP contribution in [-0.4, -0.2) is 27.3 Å². The average molecular weight is 285 g/mol. The van der Waals surface area contributed by atoms with E-state index in [0.717, 1.165) is 22.2 Å². The van der Waals surface area contributed by atoms with Crippen molar-refractivity contribution in [3.05, 3.63) is 35.5 Å². The van der Waals surface area contributed by atoms with E-state index in [2.05, 4.69) is 10.5 Å². The molecule has 1 amide bonds. The number of hydrogen-bond acceptors (Lipinski definition) is 3. The molecule has 2 aromatic rings. The third kappa shape index (κ3) is 2.29. The molecule has 0 saturated heterocycles. The lowest BCUT2D eigenvalue weighted by Crippen LogP contribution is -2.25. The molecular formula is C15H15N3O3. The van der Waals surface area contributed by atoms with Gasteiger partial charge in [-0.2, -0.15) is 5.10 Å². The summed E-state index contributed by atoms with van der Waals surface area (Å²) in [5.74, 6) is -1.01. The number of aromatic nitrogens is 1. The normalized spacial score (nSPS) is 14.9. The van der Waals surface area contributed by atoms with Crippen molar-refractivity contribution < 1.29 is 14.7 Å². The van der Waals surface area contributed by atoms with E-state index in [9.17, 15) is 14.7 Å². The standard InChI is InChI=1S/C15H15N3O3/c1-2-18-12-5-3-9(11-4-6-14(19)17-16-11)7-10(12)8-13(18)15(20)21/h3,5,7-8H,2,4,6H2,1H3,(H,17,19)(H,20,21). The number of amides is 1. The van der Waals surface area contributed by atoms with Gasteiger partial charge in [-0.1, -0.05) is 6.07 Å². The molecule has 0 bridgehead atoms. The molecule has 2 N–H and O–H groups in total. The number of carboxylic acids is 1. The van der Waals surface area contributed by atoms with Crippen LogP contribution in [0.2, 0.25) is 0 Å². The lowest BCUT2D eigenvalue weighted by atomic mass is 10.0. The molecule has 0 saturated carbocycles. The van der Waals surface area contributed by atoms with Gasteiger partial charge in [0.05, 0.1) is 5.71 Å². The van der Waals surface area contributed by atoms with Crippen molar-refractivity contribution in [2.75, 3.05) is 0 Å². The van der Waals surface area contributed by atoms with Crippen molar-refractivity contribution >= 4 is 28.5 Å². The van der Waals surface area contributed by atoms with Crippen LogP contribution >= 0.6 is 0 Å². The van der Waals surface area contributed by atoms with Crippen molar-refractivity contribution in [2.45, 2.75) is 26.3 Å². The lowest BCUT2D eigenvalue weighted by molar-refractivity contribution is -0.121. The maximum Gasteiger partial charge on any atom is 0.352 e. The minimum atomic E-state index is -0.933. The number of carbonyl (C=O) groups excluding carboxylic acids is 1. The molecule has 21 heavy (non-hydrogen) atoms. The highest BCUT2D eigenvalue weighted by molar-refractivity contribution is 6.06. The first kappa shape index (κ1) is 13.4. The number of fused-ring (bicyclic) bond motifs is 1. The van der Waals surface area contributed by atoms with Crippen LogP contribution < -0.4 is 5.43 Å². The number of hydrogen-bond donors (Lipinski definition) is 2. The van der Waals surface area contributed by atoms with Crippen LogP contribution in [-0.2, 0) is 11.3 Å². The van der Waals surface area contributed by atoms with Crippen LogP contribution in [0.5, 0.6) is 0 Å². The van der Waals surface area contributed by atoms with Gasteiger partial charge in [-0.3, -0.25) is 4.79 Å². The summed E-state index contributed by atoms with van der Waals surface area (Å²) in [6, 6.07) is 7.41. The molecule has 6 heteroatoms. The van der Waals surface area contributed by atoms with E-state index in [0.29, 0.717) is 19.4 Å². The van der Waals surface area contributed by atoms with Crippen LogP contribution in [0.15, 0.2) is 29.4 Å². The maximum atomic E-state index is 11.3. The summed E-state index contributed by atoms with van der Waals surface area (Å²) < 4.78 is 1.77. The number of benzene rings is 1. The summed E-state index contributed by atoms with van der Waals surface area (Å²) in [4.78, 5) is 22.4. The van der Waals surface area contributed by atoms with Crippen LogP contribution in [0.3, 0.4) is 0 Å². The first-order valence-electron chi connectivity index (χ1n) is 6.82. The van der Waals surface area contributed by atoms with Crippen molar-refractivity contribution in [3.63, 3.8) is 0 Å². The predicted molar refractivity (Wildman–Crippen MR) is 78.5 cm³/mol. The van der Waals surface area contributed by atoms with Crippen molar-refractivity contribution in [1.29, 1.82) is 0 Å². The zero-order chi connectivity index (χ0) is 15.0. The average Bonchev–Trinajstić information content (AvgIpc) is 2.85. The van der Waals surface area contributed by atoms with E-state index in [1.807, 2.05) is 25.1 Å². The minimum absolute atomic E-state index is 0.0786. The Bertz CT molecular complexity index is 774. The Kier molecular flexibility index (Phi) is 3.21. The predicted octanol–water partition coefficient (Wildman–Crippen LogP) is 1.97. The van der Waals surface area contributed by atoms with E-state index < -0.39 is 5.97 Å². The monoisotopic (exact) mass is 285 g/mol. The summed E-state index contributed by atoms with van der Waals surface area (Å²) in [6.07, 6.45) is 1.02. The van der Waals surface area contributed by atoms with Crippen molar-refractivity contribution in [3.8, 4) is 0 Å². The molecule has 6 nitrogen and oxygen atoms in total. The topological polar surface area (TPSA) is 83.7 Å². The Hall–Kier alpha value is -2.63. The molecule has 108 valence electrons. The first-order chi connectivity index (χ1) is 10.1. The van der Waals surface area contributed by atoms with Crippen LogP contribution in [0.25, 0.3) is 10.9 Å². The number of carboxylic acid groups (broad SMARTS) is 1. The Morgan fingerprint density at radius 2 is 2.19 bits per heavy atom. The minimum Gasteiger partial charge on any atom is -0.477 e. The fourth-order valence-corrected chi connectivity index (χ4v) is 2.65. The summed E-state index contributed by atoms with van der Waals surface area (Å²) in [6.45, 7) is 2.52. The van der Waals surface area contributed by atoms with E-state index >= 15 is 0 Å². The molecule has 1 aliphatic rings. The van der Waals surface area contributed by atoms with Gasteiger partial charge in [-0.05, 0) is 30.7 Å². The molecule has 1 aromatic heterocycles. The van der Waals surface area contributed by atoms with E-state index in [4.69, 9.17) is 0 Å². The summed E-state index contributed by atoms with van der Waals surface area (Å²) in [5.41, 5.74) is 5.37. The Morgan fingerprint density at radius 1 is 1.38 bits per heavy atom. The molecular weight excluding hydrogens is 270 g/mol. The molecule has 0 unspecified atom stereocenters. The zero-order valence-corrected chi connectivity index (χ0v) is 11.6. The number of rotatable bonds is 3. The first-order valence-corrected chi connectivity index (χ1v) is 6.82. The number of carbonyl (C=O) groups is 2. The fraction of sp³-hybridized carbons (Fsp3) is 0.267. The SMILES string of the molecule is CCn1c(C(=O)O)cc2cc(C3=NNC(=O)CC3)ccc21. The number of nitrogens with zero attached hydrogens (tertiary/aromatic N) is 2. The quantitative estimate of drug-likeness (QED) is 0.904. The molecule has 0 fully saturated rings. The number of nitrogens with one attached hydrogen (secondary N) is 1. The smallest absolute Gasteiger partial charge is 0.352 e. The number of aromatic carboxylic acids is 1. The van der Waals surface area contributed by atoms with E-state index in [1.165, 1.54) is 0 Å². The highest BCUT2D eigenvalue weighted by Crippen LogP contribution is 2.23. The van der Waals surface area contributed by atoms with Gasteiger partial charge in [0.15, 0.2) is 0 Å². The van der Waals surface area contributed by atoms with E-state index in [-0.39, 0.29) is 11.6 Å². The zero-order valence-electron chi connectivity index (χ0n) is 11.6. The highest BCUT2D eigenvalue weighted by Gasteiger charge is 2.17. The van der Waals surface area contributed by atoms with Crippen LogP contribution in [0.4, 0.5) is 0 Å². The fourth-order valence-electron chi connectivity index (χ4n) is 2.65. The molecule has 1 aliphatic heterocycles. The van der Waals surface area contributed by atoms with Gasteiger partial charge in [0.2, 0.25) is 5.91 Å². The van der Waals surface area contributed by atoms with Gasteiger partial charge in [-0.25, -0.2) is 10.2 Å². The number of aryl methyl sites for hydroxylation is 1. The lowest BCUT2D eigenvalue weighted by Gasteiger charge is -2.12. The Labute approximate surface area is 121 Å². The summed E-state index contributed by atoms with van der Waals surface area (Å²) in [7, 11) is 0. The van der Waals surface area contributed by atoms with Gasteiger partial charge in [0.25, 0.3) is 0 Å². The van der Waals surface area contributed by atoms with Gasteiger partial charge >= 0.3 is 5.97 Å². The molecule has 1 aromatic carbocycles. The highest BCUT2D eigenvalue weighted by atomic mass is 16.4. The molecule has 0 radical (unpaired) electrons. The van der Waals surface area contributed by atoms with Crippen LogP contribution in [0, 0.1) is 0 Å². The largest absolute Gasteiger partial charge is 0.477 e. The molecule has 3 rings (SSSR count). The third-order valence-electron chi connectivity index (χ3n) is 3.67. The second-order valence-electron chi connectivity index (χ2n) is 4.95. The second-order valence-corrected chi connectivity index (χ2v) is 4.95. The maximum absolute atomic E-state index is 11.3. The van der Waals surface area contributed by atoms with Crippen molar-refractivity contribution in [2.24, 2.45) is 5.10 Å². The van der Waals surface area contributed by atoms with E-state index in [1.54, 1.807) is 10.6 Å². The Balaban J connectivity index is 2.09.